The van der Waals surface area contributed by atoms with Gasteiger partial charge in [-0.3, -0.25) is 9.59 Å². The van der Waals surface area contributed by atoms with Gasteiger partial charge in [-0.25, -0.2) is 0 Å². The van der Waals surface area contributed by atoms with Gasteiger partial charge in [0.1, 0.15) is 11.5 Å². The molecule has 3 rings (SSSR count). The van der Waals surface area contributed by atoms with Gasteiger partial charge in [-0.05, 0) is 42.0 Å². The quantitative estimate of drug-likeness (QED) is 0.854. The number of rotatable bonds is 5. The van der Waals surface area contributed by atoms with Gasteiger partial charge in [-0.1, -0.05) is 11.6 Å². The summed E-state index contributed by atoms with van der Waals surface area (Å²) in [5.41, 5.74) is 6.99. The molecule has 0 spiro atoms. The number of halogens is 1. The minimum Gasteiger partial charge on any atom is -0.493 e. The normalized spacial score (nSPS) is 12.4. The van der Waals surface area contributed by atoms with E-state index in [0.717, 1.165) is 17.7 Å². The van der Waals surface area contributed by atoms with Gasteiger partial charge >= 0.3 is 0 Å². The number of nitrogens with two attached hydrogens (primary N) is 1. The number of amides is 1. The Morgan fingerprint density at radius 3 is 2.83 bits per heavy atom. The van der Waals surface area contributed by atoms with Crippen LogP contribution in [-0.2, 0) is 6.42 Å². The molecule has 0 saturated carbocycles. The fourth-order valence-corrected chi connectivity index (χ4v) is 2.58. The maximum absolute atomic E-state index is 12.3. The molecular weight excluding hydrogens is 318 g/mol. The van der Waals surface area contributed by atoms with E-state index in [0.29, 0.717) is 17.2 Å². The summed E-state index contributed by atoms with van der Waals surface area (Å²) in [5.74, 6) is 0.200. The number of fused-ring (bicyclic) bond motifs is 1. The minimum absolute atomic E-state index is 0.146. The number of ketones is 1. The first-order valence-electron chi connectivity index (χ1n) is 7.05. The average Bonchev–Trinajstić information content (AvgIpc) is 3.00. The molecule has 1 aliphatic rings. The van der Waals surface area contributed by atoms with Crippen molar-refractivity contribution in [2.24, 2.45) is 5.73 Å². The lowest BCUT2D eigenvalue weighted by atomic mass is 10.1. The molecule has 0 aromatic heterocycles. The largest absolute Gasteiger partial charge is 0.493 e. The molecule has 2 aromatic carbocycles. The van der Waals surface area contributed by atoms with Crippen LogP contribution in [-0.4, -0.2) is 24.9 Å². The summed E-state index contributed by atoms with van der Waals surface area (Å²) < 4.78 is 10.9. The standard InChI is InChI=1S/C17H14ClNO4/c18-12-2-4-16(13(8-12)17(19)21)23-9-14(20)10-1-3-15-11(7-10)5-6-22-15/h1-4,7-8H,5-6,9H2,(H2,19,21). The molecule has 0 aliphatic carbocycles. The minimum atomic E-state index is -0.662. The first kappa shape index (κ1) is 15.4. The van der Waals surface area contributed by atoms with Crippen LogP contribution in [0.5, 0.6) is 11.5 Å². The van der Waals surface area contributed by atoms with Gasteiger partial charge in [0.15, 0.2) is 12.4 Å². The third kappa shape index (κ3) is 3.29. The predicted octanol–water partition coefficient (Wildman–Crippen LogP) is 2.64. The van der Waals surface area contributed by atoms with Crippen LogP contribution in [0.25, 0.3) is 0 Å². The number of hydrogen-bond acceptors (Lipinski definition) is 4. The highest BCUT2D eigenvalue weighted by Crippen LogP contribution is 2.26. The number of primary amides is 1. The van der Waals surface area contributed by atoms with Crippen molar-refractivity contribution in [3.05, 3.63) is 58.1 Å². The summed E-state index contributed by atoms with van der Waals surface area (Å²) >= 11 is 5.83. The first-order valence-corrected chi connectivity index (χ1v) is 7.43. The van der Waals surface area contributed by atoms with Crippen LogP contribution in [0.2, 0.25) is 5.02 Å². The van der Waals surface area contributed by atoms with Crippen LogP contribution in [0.15, 0.2) is 36.4 Å². The Labute approximate surface area is 138 Å². The molecule has 1 amide bonds. The molecule has 2 aromatic rings. The highest BCUT2D eigenvalue weighted by molar-refractivity contribution is 6.31. The molecule has 0 atom stereocenters. The Bertz CT molecular complexity index is 788. The van der Waals surface area contributed by atoms with Crippen molar-refractivity contribution in [2.75, 3.05) is 13.2 Å². The van der Waals surface area contributed by atoms with E-state index in [1.165, 1.54) is 12.1 Å². The van der Waals surface area contributed by atoms with Crippen molar-refractivity contribution >= 4 is 23.3 Å². The van der Waals surface area contributed by atoms with Crippen molar-refractivity contribution < 1.29 is 19.1 Å². The van der Waals surface area contributed by atoms with E-state index >= 15 is 0 Å². The van der Waals surface area contributed by atoms with Crippen LogP contribution in [0.4, 0.5) is 0 Å². The molecule has 118 valence electrons. The van der Waals surface area contributed by atoms with Crippen LogP contribution in [0.3, 0.4) is 0 Å². The molecule has 1 heterocycles. The van der Waals surface area contributed by atoms with Gasteiger partial charge in [0.05, 0.1) is 12.2 Å². The zero-order valence-corrected chi connectivity index (χ0v) is 12.9. The molecule has 0 saturated heterocycles. The van der Waals surface area contributed by atoms with Crippen molar-refractivity contribution in [2.45, 2.75) is 6.42 Å². The number of benzene rings is 2. The van der Waals surface area contributed by atoms with Crippen molar-refractivity contribution in [1.82, 2.24) is 0 Å². The smallest absolute Gasteiger partial charge is 0.252 e. The molecule has 5 nitrogen and oxygen atoms in total. The van der Waals surface area contributed by atoms with Gasteiger partial charge in [0.25, 0.3) is 5.91 Å². The molecule has 0 bridgehead atoms. The second kappa shape index (κ2) is 6.30. The van der Waals surface area contributed by atoms with Gasteiger partial charge < -0.3 is 15.2 Å². The molecular formula is C17H14ClNO4. The van der Waals surface area contributed by atoms with Crippen LogP contribution >= 0.6 is 11.6 Å². The first-order chi connectivity index (χ1) is 11.0. The molecule has 0 unspecified atom stereocenters. The van der Waals surface area contributed by atoms with Gasteiger partial charge in [0, 0.05) is 17.0 Å². The Balaban J connectivity index is 1.73. The second-order valence-electron chi connectivity index (χ2n) is 5.14. The Morgan fingerprint density at radius 2 is 2.04 bits per heavy atom. The maximum atomic E-state index is 12.3. The zero-order valence-electron chi connectivity index (χ0n) is 12.2. The topological polar surface area (TPSA) is 78.6 Å². The number of carbonyl (C=O) groups excluding carboxylic acids is 2. The Kier molecular flexibility index (Phi) is 4.21. The lowest BCUT2D eigenvalue weighted by Gasteiger charge is -2.10. The molecule has 23 heavy (non-hydrogen) atoms. The lowest BCUT2D eigenvalue weighted by Crippen LogP contribution is -2.16. The number of ether oxygens (including phenoxy) is 2. The summed E-state index contributed by atoms with van der Waals surface area (Å²) in [6.07, 6.45) is 0.792. The van der Waals surface area contributed by atoms with Crippen molar-refractivity contribution in [3.8, 4) is 11.5 Å². The van der Waals surface area contributed by atoms with E-state index in [9.17, 15) is 9.59 Å². The molecule has 1 aliphatic heterocycles. The third-order valence-electron chi connectivity index (χ3n) is 3.58. The maximum Gasteiger partial charge on any atom is 0.252 e. The monoisotopic (exact) mass is 331 g/mol. The Morgan fingerprint density at radius 1 is 1.22 bits per heavy atom. The van der Waals surface area contributed by atoms with Gasteiger partial charge in [-0.2, -0.15) is 0 Å². The third-order valence-corrected chi connectivity index (χ3v) is 3.81. The predicted molar refractivity (Wildman–Crippen MR) is 85.4 cm³/mol. The lowest BCUT2D eigenvalue weighted by molar-refractivity contribution is 0.0912. The number of Topliss-reactive ketones (excluding diaryl/α,β-unsaturated/α-hetero) is 1. The van der Waals surface area contributed by atoms with Crippen LogP contribution < -0.4 is 15.2 Å². The van der Waals surface area contributed by atoms with E-state index in [1.54, 1.807) is 18.2 Å². The van der Waals surface area contributed by atoms with E-state index in [-0.39, 0.29) is 23.7 Å². The van der Waals surface area contributed by atoms with Crippen LogP contribution in [0.1, 0.15) is 26.3 Å². The fraction of sp³-hybridized carbons (Fsp3) is 0.176. The summed E-state index contributed by atoms with van der Waals surface area (Å²) in [5, 5.41) is 0.371. The summed E-state index contributed by atoms with van der Waals surface area (Å²) in [6, 6.07) is 9.80. The summed E-state index contributed by atoms with van der Waals surface area (Å²) in [4.78, 5) is 23.7. The Hall–Kier alpha value is -2.53. The van der Waals surface area contributed by atoms with Gasteiger partial charge in [0.2, 0.25) is 0 Å². The van der Waals surface area contributed by atoms with Crippen LogP contribution in [0, 0.1) is 0 Å². The molecule has 0 radical (unpaired) electrons. The molecule has 2 N–H and O–H groups in total. The van der Waals surface area contributed by atoms with Crippen molar-refractivity contribution in [1.29, 1.82) is 0 Å². The van der Waals surface area contributed by atoms with E-state index < -0.39 is 5.91 Å². The highest BCUT2D eigenvalue weighted by Gasteiger charge is 2.16. The second-order valence-corrected chi connectivity index (χ2v) is 5.57. The van der Waals surface area contributed by atoms with Gasteiger partial charge in [-0.15, -0.1) is 0 Å². The molecule has 0 fully saturated rings. The van der Waals surface area contributed by atoms with E-state index in [2.05, 4.69) is 0 Å². The highest BCUT2D eigenvalue weighted by atomic mass is 35.5. The summed E-state index contributed by atoms with van der Waals surface area (Å²) in [6.45, 7) is 0.442. The SMILES string of the molecule is NC(=O)c1cc(Cl)ccc1OCC(=O)c1ccc2c(c1)CCO2. The molecule has 6 heteroatoms. The number of hydrogen-bond donors (Lipinski definition) is 1. The zero-order chi connectivity index (χ0) is 16.4. The fourth-order valence-electron chi connectivity index (χ4n) is 2.41. The number of carbonyl (C=O) groups is 2. The van der Waals surface area contributed by atoms with Crippen molar-refractivity contribution in [3.63, 3.8) is 0 Å². The van der Waals surface area contributed by atoms with E-state index in [4.69, 9.17) is 26.8 Å². The summed E-state index contributed by atoms with van der Waals surface area (Å²) in [7, 11) is 0. The average molecular weight is 332 g/mol. The van der Waals surface area contributed by atoms with E-state index in [1.807, 2.05) is 6.07 Å².